The molecule has 0 saturated heterocycles. The van der Waals surface area contributed by atoms with Gasteiger partial charge in [0, 0.05) is 39.2 Å². The lowest BCUT2D eigenvalue weighted by atomic mass is 10.3. The lowest BCUT2D eigenvalue weighted by Crippen LogP contribution is -2.40. The number of carbonyl (C=O) groups is 2. The zero-order chi connectivity index (χ0) is 25.9. The molecule has 3 aromatic rings. The third kappa shape index (κ3) is 7.71. The van der Waals surface area contributed by atoms with Crippen molar-refractivity contribution >= 4 is 11.9 Å². The molecule has 0 amide bonds. The summed E-state index contributed by atoms with van der Waals surface area (Å²) in [5.41, 5.74) is 0.400. The molecule has 194 valence electrons. The maximum absolute atomic E-state index is 13.1. The predicted octanol–water partition coefficient (Wildman–Crippen LogP) is -0.0238. The van der Waals surface area contributed by atoms with Crippen molar-refractivity contribution in [3.05, 3.63) is 56.9 Å². The van der Waals surface area contributed by atoms with Crippen molar-refractivity contribution in [3.8, 4) is 0 Å². The first kappa shape index (κ1) is 26.5. The molecule has 0 aliphatic carbocycles. The fourth-order valence-corrected chi connectivity index (χ4v) is 3.50. The van der Waals surface area contributed by atoms with Gasteiger partial charge in [-0.3, -0.25) is 23.5 Å². The maximum Gasteiger partial charge on any atom is 0.331 e. The van der Waals surface area contributed by atoms with E-state index in [-0.39, 0.29) is 25.0 Å². The monoisotopic (exact) mass is 502 g/mol. The zero-order valence-corrected chi connectivity index (χ0v) is 20.4. The molecule has 3 aromatic heterocycles. The summed E-state index contributed by atoms with van der Waals surface area (Å²) in [6.07, 6.45) is 7.28. The largest absolute Gasteiger partial charge is 0.466 e. The first-order valence-corrected chi connectivity index (χ1v) is 11.7. The Morgan fingerprint density at radius 1 is 0.806 bits per heavy atom. The number of hydrogen-bond donors (Lipinski definition) is 0. The van der Waals surface area contributed by atoms with Crippen molar-refractivity contribution in [2.24, 2.45) is 0 Å². The summed E-state index contributed by atoms with van der Waals surface area (Å²) >= 11 is 0. The molecule has 0 aliphatic rings. The van der Waals surface area contributed by atoms with Crippen molar-refractivity contribution in [1.82, 2.24) is 39.1 Å². The van der Waals surface area contributed by atoms with E-state index in [2.05, 4.69) is 20.6 Å². The van der Waals surface area contributed by atoms with Crippen LogP contribution in [0.25, 0.3) is 0 Å². The molecule has 14 nitrogen and oxygen atoms in total. The van der Waals surface area contributed by atoms with Crippen LogP contribution in [0.1, 0.15) is 50.9 Å². The molecule has 0 N–H and O–H groups in total. The van der Waals surface area contributed by atoms with Crippen LogP contribution in [0.15, 0.2) is 34.2 Å². The zero-order valence-electron chi connectivity index (χ0n) is 20.4. The molecular weight excluding hydrogens is 472 g/mol. The molecule has 0 bridgehead atoms. The molecular formula is C22H30N8O6. The molecule has 0 unspecified atom stereocenters. The predicted molar refractivity (Wildman–Crippen MR) is 125 cm³/mol. The van der Waals surface area contributed by atoms with Gasteiger partial charge in [0.2, 0.25) is 0 Å². The molecule has 36 heavy (non-hydrogen) atoms. The molecule has 3 rings (SSSR count). The molecule has 0 aromatic carbocycles. The SMILES string of the molecule is CC(=O)OCCCCn1nncc1Cn1ccc(=O)n(Cc2cnnn2CCCCOC(C)=O)c1=O. The van der Waals surface area contributed by atoms with Gasteiger partial charge in [0.25, 0.3) is 5.56 Å². The van der Waals surface area contributed by atoms with Gasteiger partial charge in [-0.15, -0.1) is 10.2 Å². The fourth-order valence-electron chi connectivity index (χ4n) is 3.50. The van der Waals surface area contributed by atoms with Gasteiger partial charge in [-0.05, 0) is 25.7 Å². The molecule has 0 fully saturated rings. The third-order valence-electron chi connectivity index (χ3n) is 5.33. The van der Waals surface area contributed by atoms with E-state index in [9.17, 15) is 19.2 Å². The number of nitrogens with zero attached hydrogens (tertiary/aromatic N) is 8. The second kappa shape index (κ2) is 13.1. The van der Waals surface area contributed by atoms with Gasteiger partial charge in [-0.2, -0.15) is 0 Å². The molecule has 0 spiro atoms. The van der Waals surface area contributed by atoms with Crippen LogP contribution in [0.4, 0.5) is 0 Å². The van der Waals surface area contributed by atoms with Crippen LogP contribution in [-0.2, 0) is 45.2 Å². The Kier molecular flexibility index (Phi) is 9.65. The fraction of sp³-hybridized carbons (Fsp3) is 0.545. The lowest BCUT2D eigenvalue weighted by molar-refractivity contribution is -0.142. The summed E-state index contributed by atoms with van der Waals surface area (Å²) < 4.78 is 15.7. The molecule has 3 heterocycles. The number of unbranched alkanes of at least 4 members (excludes halogenated alkanes) is 2. The number of rotatable bonds is 14. The maximum atomic E-state index is 13.1. The minimum absolute atomic E-state index is 0.0170. The summed E-state index contributed by atoms with van der Waals surface area (Å²) in [5.74, 6) is -0.640. The molecule has 0 radical (unpaired) electrons. The topological polar surface area (TPSA) is 158 Å². The number of carbonyl (C=O) groups excluding carboxylic acids is 2. The summed E-state index contributed by atoms with van der Waals surface area (Å²) in [7, 11) is 0. The normalized spacial score (nSPS) is 10.9. The highest BCUT2D eigenvalue weighted by Crippen LogP contribution is 2.04. The summed E-state index contributed by atoms with van der Waals surface area (Å²) in [4.78, 5) is 47.3. The van der Waals surface area contributed by atoms with E-state index in [4.69, 9.17) is 9.47 Å². The van der Waals surface area contributed by atoms with Crippen molar-refractivity contribution < 1.29 is 19.1 Å². The van der Waals surface area contributed by atoms with Gasteiger partial charge in [0.1, 0.15) is 0 Å². The molecule has 14 heteroatoms. The quantitative estimate of drug-likeness (QED) is 0.217. The Labute approximate surface area is 206 Å². The average Bonchev–Trinajstić information content (AvgIpc) is 3.46. The van der Waals surface area contributed by atoms with E-state index in [0.717, 1.165) is 11.0 Å². The van der Waals surface area contributed by atoms with E-state index in [1.54, 1.807) is 15.6 Å². The second-order valence-corrected chi connectivity index (χ2v) is 8.14. The standard InChI is InChI=1S/C22H30N8O6/c1-17(31)35-11-5-3-8-29-19(13-23-25-29)15-27-10-7-21(33)28(22(27)34)16-20-14-24-26-30(20)9-4-6-12-36-18(2)32/h7,10,13-14H,3-6,8-9,11-12,15-16H2,1-2H3. The van der Waals surface area contributed by atoms with Crippen LogP contribution in [0.2, 0.25) is 0 Å². The first-order valence-electron chi connectivity index (χ1n) is 11.7. The van der Waals surface area contributed by atoms with Crippen LogP contribution in [-0.4, -0.2) is 64.3 Å². The van der Waals surface area contributed by atoms with Crippen LogP contribution >= 0.6 is 0 Å². The number of aromatic nitrogens is 8. The van der Waals surface area contributed by atoms with E-state index in [0.29, 0.717) is 57.0 Å². The highest BCUT2D eigenvalue weighted by molar-refractivity contribution is 5.66. The number of hydrogen-bond acceptors (Lipinski definition) is 10. The first-order chi connectivity index (χ1) is 17.3. The van der Waals surface area contributed by atoms with E-state index in [1.165, 1.54) is 36.9 Å². The Bertz CT molecular complexity index is 1270. The Hall–Kier alpha value is -4.10. The van der Waals surface area contributed by atoms with Crippen LogP contribution in [0, 0.1) is 0 Å². The van der Waals surface area contributed by atoms with Gasteiger partial charge >= 0.3 is 17.6 Å². The summed E-state index contributed by atoms with van der Waals surface area (Å²) in [5, 5.41) is 15.9. The van der Waals surface area contributed by atoms with Gasteiger partial charge in [-0.25, -0.2) is 14.2 Å². The van der Waals surface area contributed by atoms with Gasteiger partial charge in [0.15, 0.2) is 0 Å². The number of esters is 2. The van der Waals surface area contributed by atoms with E-state index >= 15 is 0 Å². The van der Waals surface area contributed by atoms with E-state index < -0.39 is 11.2 Å². The minimum atomic E-state index is -0.479. The van der Waals surface area contributed by atoms with Crippen LogP contribution in [0.3, 0.4) is 0 Å². The molecule has 0 aliphatic heterocycles. The van der Waals surface area contributed by atoms with Gasteiger partial charge in [-0.1, -0.05) is 10.4 Å². The van der Waals surface area contributed by atoms with Gasteiger partial charge in [0.05, 0.1) is 50.1 Å². The van der Waals surface area contributed by atoms with Crippen molar-refractivity contribution in [2.75, 3.05) is 13.2 Å². The highest BCUT2D eigenvalue weighted by Gasteiger charge is 2.13. The molecule has 0 saturated carbocycles. The van der Waals surface area contributed by atoms with Gasteiger partial charge < -0.3 is 9.47 Å². The van der Waals surface area contributed by atoms with Crippen LogP contribution < -0.4 is 11.2 Å². The lowest BCUT2D eigenvalue weighted by Gasteiger charge is -2.12. The molecule has 0 atom stereocenters. The smallest absolute Gasteiger partial charge is 0.331 e. The number of ether oxygens (including phenoxy) is 2. The van der Waals surface area contributed by atoms with Crippen LogP contribution in [0.5, 0.6) is 0 Å². The van der Waals surface area contributed by atoms with Crippen molar-refractivity contribution in [3.63, 3.8) is 0 Å². The summed E-state index contributed by atoms with van der Waals surface area (Å²) in [6, 6.07) is 1.34. The second-order valence-electron chi connectivity index (χ2n) is 8.14. The third-order valence-corrected chi connectivity index (χ3v) is 5.33. The number of aryl methyl sites for hydroxylation is 2. The highest BCUT2D eigenvalue weighted by atomic mass is 16.5. The Morgan fingerprint density at radius 2 is 1.33 bits per heavy atom. The van der Waals surface area contributed by atoms with E-state index in [1.807, 2.05) is 0 Å². The minimum Gasteiger partial charge on any atom is -0.466 e. The average molecular weight is 503 g/mol. The van der Waals surface area contributed by atoms with Crippen molar-refractivity contribution in [2.45, 2.75) is 65.7 Å². The van der Waals surface area contributed by atoms with Crippen molar-refractivity contribution in [1.29, 1.82) is 0 Å². The Morgan fingerprint density at radius 3 is 1.86 bits per heavy atom. The summed E-state index contributed by atoms with van der Waals surface area (Å²) in [6.45, 7) is 4.64. The Balaban J connectivity index is 1.64.